The number of aliphatic hydroxyl groups is 1. The van der Waals surface area contributed by atoms with Crippen LogP contribution < -0.4 is 15.3 Å². The third-order valence-corrected chi connectivity index (χ3v) is 6.06. The first-order chi connectivity index (χ1) is 12.3. The van der Waals surface area contributed by atoms with Crippen LogP contribution in [-0.2, 0) is 17.8 Å². The average Bonchev–Trinajstić information content (AvgIpc) is 2.91. The van der Waals surface area contributed by atoms with E-state index in [4.69, 9.17) is 9.84 Å². The monoisotopic (exact) mass is 383 g/mol. The summed E-state index contributed by atoms with van der Waals surface area (Å²) in [6, 6.07) is -0.297. The van der Waals surface area contributed by atoms with Crippen molar-refractivity contribution in [3.8, 4) is 0 Å². The minimum absolute atomic E-state index is 0.0827. The maximum absolute atomic E-state index is 12.6. The number of piperazine rings is 1. The van der Waals surface area contributed by atoms with Gasteiger partial charge in [-0.2, -0.15) is 0 Å². The zero-order chi connectivity index (χ0) is 18.9. The van der Waals surface area contributed by atoms with Gasteiger partial charge in [0.05, 0.1) is 51.0 Å². The number of nitrogens with one attached hydrogen (secondary N) is 2. The molecule has 2 amide bonds. The number of hydrogen-bond acceptors (Lipinski definition) is 6. The van der Waals surface area contributed by atoms with Gasteiger partial charge in [-0.1, -0.05) is 0 Å². The van der Waals surface area contributed by atoms with Crippen molar-refractivity contribution in [2.24, 2.45) is 0 Å². The van der Waals surface area contributed by atoms with Gasteiger partial charge in [-0.15, -0.1) is 11.3 Å². The number of fused-ring (bicyclic) bond motifs is 1. The lowest BCUT2D eigenvalue weighted by Crippen LogP contribution is -3.15. The number of ether oxygens (including phenoxy) is 1. The van der Waals surface area contributed by atoms with E-state index < -0.39 is 11.6 Å². The Morgan fingerprint density at radius 3 is 2.69 bits per heavy atom. The van der Waals surface area contributed by atoms with Gasteiger partial charge in [-0.05, 0) is 19.4 Å². The van der Waals surface area contributed by atoms with E-state index >= 15 is 0 Å². The highest BCUT2D eigenvalue weighted by Crippen LogP contribution is 2.40. The van der Waals surface area contributed by atoms with E-state index in [1.54, 1.807) is 4.90 Å². The van der Waals surface area contributed by atoms with Crippen LogP contribution in [0.3, 0.4) is 0 Å². The van der Waals surface area contributed by atoms with Gasteiger partial charge in [-0.25, -0.2) is 4.79 Å². The van der Waals surface area contributed by atoms with E-state index in [0.29, 0.717) is 43.2 Å². The number of hydrogen-bond donors (Lipinski definition) is 3. The summed E-state index contributed by atoms with van der Waals surface area (Å²) in [5.74, 6) is -1.27. The van der Waals surface area contributed by atoms with Gasteiger partial charge in [0.25, 0.3) is 0 Å². The molecular weight excluding hydrogens is 358 g/mol. The molecular formula is C17H25N3O5S. The Morgan fingerprint density at radius 1 is 1.38 bits per heavy atom. The van der Waals surface area contributed by atoms with Crippen LogP contribution in [0.5, 0.6) is 0 Å². The fraction of sp³-hybridized carbons (Fsp3) is 0.647. The summed E-state index contributed by atoms with van der Waals surface area (Å²) in [4.78, 5) is 28.0. The molecule has 1 fully saturated rings. The predicted octanol–water partition coefficient (Wildman–Crippen LogP) is -1.31. The molecule has 3 rings (SSSR count). The maximum Gasteiger partial charge on any atom is 0.322 e. The number of amides is 2. The molecule has 3 heterocycles. The molecule has 2 aliphatic heterocycles. The van der Waals surface area contributed by atoms with Crippen molar-refractivity contribution in [2.75, 3.05) is 44.6 Å². The minimum Gasteiger partial charge on any atom is -0.545 e. The fourth-order valence-electron chi connectivity index (χ4n) is 3.47. The van der Waals surface area contributed by atoms with E-state index in [2.05, 4.69) is 5.32 Å². The van der Waals surface area contributed by atoms with Gasteiger partial charge < -0.3 is 29.5 Å². The number of urea groups is 1. The zero-order valence-electron chi connectivity index (χ0n) is 15.1. The molecule has 0 radical (unpaired) electrons. The Kier molecular flexibility index (Phi) is 5.52. The molecule has 0 atom stereocenters. The summed E-state index contributed by atoms with van der Waals surface area (Å²) in [7, 11) is 0. The normalized spacial score (nSPS) is 19.9. The second kappa shape index (κ2) is 7.51. The highest BCUT2D eigenvalue weighted by atomic mass is 32.1. The molecule has 0 saturated carbocycles. The van der Waals surface area contributed by atoms with Crippen LogP contribution in [-0.4, -0.2) is 66.9 Å². The van der Waals surface area contributed by atoms with Crippen molar-refractivity contribution in [3.05, 3.63) is 16.0 Å². The van der Waals surface area contributed by atoms with Crippen molar-refractivity contribution in [2.45, 2.75) is 32.5 Å². The van der Waals surface area contributed by atoms with Crippen LogP contribution in [0.15, 0.2) is 0 Å². The lowest BCUT2D eigenvalue weighted by Gasteiger charge is -2.32. The summed E-state index contributed by atoms with van der Waals surface area (Å²) < 4.78 is 5.75. The molecule has 1 aromatic rings. The van der Waals surface area contributed by atoms with E-state index in [0.717, 1.165) is 18.0 Å². The lowest BCUT2D eigenvalue weighted by molar-refractivity contribution is -0.904. The first kappa shape index (κ1) is 19.1. The van der Waals surface area contributed by atoms with Crippen LogP contribution in [0, 0.1) is 0 Å². The van der Waals surface area contributed by atoms with Crippen LogP contribution in [0.25, 0.3) is 0 Å². The summed E-state index contributed by atoms with van der Waals surface area (Å²) in [5, 5.41) is 23.8. The summed E-state index contributed by atoms with van der Waals surface area (Å²) >= 11 is 1.25. The quantitative estimate of drug-likeness (QED) is 0.599. The molecule has 2 aliphatic rings. The number of rotatable bonds is 4. The largest absolute Gasteiger partial charge is 0.545 e. The molecule has 144 valence electrons. The van der Waals surface area contributed by atoms with E-state index in [1.165, 1.54) is 16.2 Å². The Labute approximate surface area is 156 Å². The molecule has 0 spiro atoms. The van der Waals surface area contributed by atoms with Crippen molar-refractivity contribution < 1.29 is 29.4 Å². The predicted molar refractivity (Wildman–Crippen MR) is 94.5 cm³/mol. The van der Waals surface area contributed by atoms with Crippen molar-refractivity contribution in [1.29, 1.82) is 0 Å². The van der Waals surface area contributed by atoms with Gasteiger partial charge in [-0.3, -0.25) is 5.32 Å². The van der Waals surface area contributed by atoms with Gasteiger partial charge in [0.1, 0.15) is 11.5 Å². The molecule has 1 aromatic heterocycles. The Hall–Kier alpha value is -1.68. The zero-order valence-corrected chi connectivity index (χ0v) is 15.9. The van der Waals surface area contributed by atoms with Crippen LogP contribution in [0.4, 0.5) is 9.80 Å². The summed E-state index contributed by atoms with van der Waals surface area (Å²) in [6.45, 7) is 7.67. The minimum atomic E-state index is -1.27. The van der Waals surface area contributed by atoms with Gasteiger partial charge in [0.2, 0.25) is 0 Å². The Balaban J connectivity index is 1.73. The second-order valence-corrected chi connectivity index (χ2v) is 8.47. The molecule has 0 aliphatic carbocycles. The Bertz CT molecular complexity index is 695. The van der Waals surface area contributed by atoms with Gasteiger partial charge >= 0.3 is 6.03 Å². The summed E-state index contributed by atoms with van der Waals surface area (Å²) in [6.07, 6.45) is 0.473. The number of anilines is 1. The highest BCUT2D eigenvalue weighted by molar-refractivity contribution is 7.16. The van der Waals surface area contributed by atoms with Crippen LogP contribution in [0.1, 0.15) is 34.6 Å². The van der Waals surface area contributed by atoms with Crippen LogP contribution in [0.2, 0.25) is 0 Å². The number of carboxylic acids is 1. The number of carbonyl (C=O) groups is 2. The molecule has 26 heavy (non-hydrogen) atoms. The van der Waals surface area contributed by atoms with E-state index in [-0.39, 0.29) is 18.2 Å². The molecule has 9 heteroatoms. The first-order valence-electron chi connectivity index (χ1n) is 8.81. The SMILES string of the molecule is CC1(C)Cc2c(sc(NC(=O)N3CC[NH+](CCO)CC3)c2C(=O)[O-])CO1. The maximum atomic E-state index is 12.6. The number of aliphatic hydroxyl groups excluding tert-OH is 1. The fourth-order valence-corrected chi connectivity index (χ4v) is 4.58. The van der Waals surface area contributed by atoms with Gasteiger partial charge in [0.15, 0.2) is 0 Å². The number of thiophene rings is 1. The van der Waals surface area contributed by atoms with E-state index in [1.807, 2.05) is 13.8 Å². The molecule has 0 aromatic carbocycles. The highest BCUT2D eigenvalue weighted by Gasteiger charge is 2.32. The number of quaternary nitrogens is 1. The van der Waals surface area contributed by atoms with Crippen molar-refractivity contribution in [3.63, 3.8) is 0 Å². The molecule has 1 saturated heterocycles. The Morgan fingerprint density at radius 2 is 2.08 bits per heavy atom. The lowest BCUT2D eigenvalue weighted by atomic mass is 9.93. The van der Waals surface area contributed by atoms with E-state index in [9.17, 15) is 14.7 Å². The number of nitrogens with zero attached hydrogens (tertiary/aromatic N) is 1. The van der Waals surface area contributed by atoms with Crippen molar-refractivity contribution >= 4 is 28.3 Å². The van der Waals surface area contributed by atoms with Gasteiger partial charge in [0, 0.05) is 16.9 Å². The molecule has 3 N–H and O–H groups in total. The summed E-state index contributed by atoms with van der Waals surface area (Å²) in [5.41, 5.74) is 0.351. The second-order valence-electron chi connectivity index (χ2n) is 7.36. The third-order valence-electron chi connectivity index (χ3n) is 4.93. The third kappa shape index (κ3) is 4.01. The number of aromatic carboxylic acids is 1. The average molecular weight is 383 g/mol. The molecule has 0 unspecified atom stereocenters. The molecule has 0 bridgehead atoms. The van der Waals surface area contributed by atoms with Crippen LogP contribution >= 0.6 is 11.3 Å². The topological polar surface area (TPSA) is 106 Å². The standard InChI is InChI=1S/C17H25N3O5S/c1-17(2)9-11-12(10-25-17)26-14(13(11)15(22)23)18-16(24)20-5-3-19(4-6-20)7-8-21/h21H,3-10H2,1-2H3,(H,18,24)(H,22,23). The smallest absolute Gasteiger partial charge is 0.322 e. The molecule has 8 nitrogen and oxygen atoms in total. The first-order valence-corrected chi connectivity index (χ1v) is 9.62. The van der Waals surface area contributed by atoms with Crippen molar-refractivity contribution in [1.82, 2.24) is 4.90 Å². The number of carbonyl (C=O) groups excluding carboxylic acids is 2. The number of carboxylic acid groups (broad SMARTS) is 1.